The Bertz CT molecular complexity index is 796. The van der Waals surface area contributed by atoms with Gasteiger partial charge in [-0.15, -0.1) is 0 Å². The first-order chi connectivity index (χ1) is 11.3. The summed E-state index contributed by atoms with van der Waals surface area (Å²) in [6, 6.07) is 17.2. The van der Waals surface area contributed by atoms with Crippen LogP contribution in [0.2, 0.25) is 0 Å². The zero-order chi connectivity index (χ0) is 16.1. The van der Waals surface area contributed by atoms with Crippen LogP contribution in [-0.4, -0.2) is 27.2 Å². The maximum atomic E-state index is 12.3. The predicted molar refractivity (Wildman–Crippen MR) is 90.2 cm³/mol. The fraction of sp³-hybridized carbons (Fsp3) is 0.222. The molecule has 5 heteroatoms. The molecule has 0 saturated heterocycles. The molecule has 0 fully saturated rings. The molecular weight excluding hydrogens is 290 g/mol. The van der Waals surface area contributed by atoms with Crippen molar-refractivity contribution in [2.75, 3.05) is 11.9 Å². The number of aromatic nitrogens is 2. The molecule has 0 saturated carbocycles. The number of anilines is 1. The summed E-state index contributed by atoms with van der Waals surface area (Å²) < 4.78 is 1.92. The van der Waals surface area contributed by atoms with Gasteiger partial charge in [-0.2, -0.15) is 0 Å². The van der Waals surface area contributed by atoms with Gasteiger partial charge in [0.25, 0.3) is 0 Å². The smallest absolute Gasteiger partial charge is 0.244 e. The molecule has 0 unspecified atom stereocenters. The number of amides is 1. The molecule has 1 aromatic heterocycles. The summed E-state index contributed by atoms with van der Waals surface area (Å²) >= 11 is 0. The number of imidazole rings is 1. The number of rotatable bonds is 6. The lowest BCUT2D eigenvalue weighted by molar-refractivity contribution is -0.116. The molecule has 0 radical (unpaired) electrons. The fourth-order valence-electron chi connectivity index (χ4n) is 2.60. The number of hydrogen-bond acceptors (Lipinski definition) is 3. The molecule has 118 valence electrons. The van der Waals surface area contributed by atoms with E-state index in [1.165, 1.54) is 0 Å². The first-order valence-corrected chi connectivity index (χ1v) is 7.68. The Morgan fingerprint density at radius 1 is 1.09 bits per heavy atom. The monoisotopic (exact) mass is 309 g/mol. The van der Waals surface area contributed by atoms with Crippen molar-refractivity contribution in [3.63, 3.8) is 0 Å². The average molecular weight is 309 g/mol. The molecule has 1 amide bonds. The van der Waals surface area contributed by atoms with Gasteiger partial charge in [0.1, 0.15) is 12.4 Å². The van der Waals surface area contributed by atoms with E-state index in [1.807, 2.05) is 59.2 Å². The molecule has 0 aliphatic carbocycles. The molecular formula is C18H19N3O2. The number of carbonyl (C=O) groups is 1. The first kappa shape index (κ1) is 15.2. The van der Waals surface area contributed by atoms with Gasteiger partial charge < -0.3 is 15.0 Å². The normalized spacial score (nSPS) is 10.8. The minimum atomic E-state index is -0.0930. The summed E-state index contributed by atoms with van der Waals surface area (Å²) in [5.41, 5.74) is 2.58. The van der Waals surface area contributed by atoms with Crippen molar-refractivity contribution in [2.45, 2.75) is 19.4 Å². The lowest BCUT2D eigenvalue weighted by Crippen LogP contribution is -2.20. The maximum absolute atomic E-state index is 12.3. The minimum Gasteiger partial charge on any atom is -0.396 e. The summed E-state index contributed by atoms with van der Waals surface area (Å²) in [4.78, 5) is 16.9. The molecule has 1 heterocycles. The second kappa shape index (κ2) is 7.07. The van der Waals surface area contributed by atoms with Crippen molar-refractivity contribution in [3.05, 3.63) is 60.4 Å². The van der Waals surface area contributed by atoms with Gasteiger partial charge in [0, 0.05) is 18.7 Å². The van der Waals surface area contributed by atoms with Crippen LogP contribution in [0.25, 0.3) is 11.0 Å². The van der Waals surface area contributed by atoms with Crippen molar-refractivity contribution in [2.24, 2.45) is 0 Å². The molecule has 2 N–H and O–H groups in total. The number of aryl methyl sites for hydroxylation is 1. The van der Waals surface area contributed by atoms with Crippen LogP contribution >= 0.6 is 0 Å². The number of fused-ring (bicyclic) bond motifs is 1. The standard InChI is InChI=1S/C18H19N3O2/c22-12-6-11-17-20-15-9-4-5-10-16(15)21(17)13-18(23)19-14-7-2-1-3-8-14/h1-5,7-10,22H,6,11-13H2,(H,19,23). The summed E-state index contributed by atoms with van der Waals surface area (Å²) in [7, 11) is 0. The second-order valence-corrected chi connectivity index (χ2v) is 5.34. The molecule has 0 aliphatic heterocycles. The minimum absolute atomic E-state index is 0.0930. The number of carbonyl (C=O) groups excluding carboxylic acids is 1. The van der Waals surface area contributed by atoms with Crippen molar-refractivity contribution in [1.29, 1.82) is 0 Å². The molecule has 5 nitrogen and oxygen atoms in total. The number of aliphatic hydroxyl groups excluding tert-OH is 1. The van der Waals surface area contributed by atoms with E-state index in [2.05, 4.69) is 10.3 Å². The quantitative estimate of drug-likeness (QED) is 0.735. The van der Waals surface area contributed by atoms with E-state index in [0.717, 1.165) is 22.5 Å². The molecule has 0 spiro atoms. The van der Waals surface area contributed by atoms with Crippen LogP contribution in [0.1, 0.15) is 12.2 Å². The van der Waals surface area contributed by atoms with Gasteiger partial charge in [0.05, 0.1) is 11.0 Å². The highest BCUT2D eigenvalue weighted by atomic mass is 16.2. The third-order valence-corrected chi connectivity index (χ3v) is 3.65. The van der Waals surface area contributed by atoms with E-state index < -0.39 is 0 Å². The number of para-hydroxylation sites is 3. The van der Waals surface area contributed by atoms with Gasteiger partial charge in [0.2, 0.25) is 5.91 Å². The Morgan fingerprint density at radius 3 is 2.61 bits per heavy atom. The number of aliphatic hydroxyl groups is 1. The van der Waals surface area contributed by atoms with Crippen LogP contribution in [0, 0.1) is 0 Å². The van der Waals surface area contributed by atoms with Gasteiger partial charge >= 0.3 is 0 Å². The number of nitrogens with one attached hydrogen (secondary N) is 1. The van der Waals surface area contributed by atoms with E-state index in [-0.39, 0.29) is 19.1 Å². The molecule has 0 bridgehead atoms. The van der Waals surface area contributed by atoms with Crippen molar-refractivity contribution < 1.29 is 9.90 Å². The van der Waals surface area contributed by atoms with Crippen LogP contribution in [0.15, 0.2) is 54.6 Å². The average Bonchev–Trinajstić information content (AvgIpc) is 2.91. The van der Waals surface area contributed by atoms with Gasteiger partial charge in [0.15, 0.2) is 0 Å². The van der Waals surface area contributed by atoms with Gasteiger partial charge in [-0.25, -0.2) is 4.98 Å². The van der Waals surface area contributed by atoms with Crippen molar-refractivity contribution in [1.82, 2.24) is 9.55 Å². The Morgan fingerprint density at radius 2 is 1.83 bits per heavy atom. The predicted octanol–water partition coefficient (Wildman–Crippen LogP) is 2.60. The van der Waals surface area contributed by atoms with Crippen molar-refractivity contribution in [3.8, 4) is 0 Å². The molecule has 3 aromatic rings. The van der Waals surface area contributed by atoms with Crippen LogP contribution in [0.3, 0.4) is 0 Å². The molecule has 0 aliphatic rings. The van der Waals surface area contributed by atoms with E-state index in [9.17, 15) is 4.79 Å². The fourth-order valence-corrected chi connectivity index (χ4v) is 2.60. The lowest BCUT2D eigenvalue weighted by Gasteiger charge is -2.10. The van der Waals surface area contributed by atoms with Gasteiger partial charge in [-0.05, 0) is 30.7 Å². The third-order valence-electron chi connectivity index (χ3n) is 3.65. The highest BCUT2D eigenvalue weighted by Crippen LogP contribution is 2.17. The van der Waals surface area contributed by atoms with Crippen LogP contribution < -0.4 is 5.32 Å². The third kappa shape index (κ3) is 3.57. The van der Waals surface area contributed by atoms with Gasteiger partial charge in [-0.3, -0.25) is 4.79 Å². The van der Waals surface area contributed by atoms with Crippen LogP contribution in [-0.2, 0) is 17.8 Å². The van der Waals surface area contributed by atoms with Crippen LogP contribution in [0.4, 0.5) is 5.69 Å². The van der Waals surface area contributed by atoms with E-state index >= 15 is 0 Å². The topological polar surface area (TPSA) is 67.2 Å². The summed E-state index contributed by atoms with van der Waals surface area (Å²) in [6.07, 6.45) is 1.27. The van der Waals surface area contributed by atoms with Crippen LogP contribution in [0.5, 0.6) is 0 Å². The van der Waals surface area contributed by atoms with E-state index in [0.29, 0.717) is 12.8 Å². The molecule has 23 heavy (non-hydrogen) atoms. The first-order valence-electron chi connectivity index (χ1n) is 7.68. The Hall–Kier alpha value is -2.66. The summed E-state index contributed by atoms with van der Waals surface area (Å²) in [6.45, 7) is 0.315. The Labute approximate surface area is 134 Å². The SMILES string of the molecule is O=C(Cn1c(CCCO)nc2ccccc21)Nc1ccccc1. The van der Waals surface area contributed by atoms with E-state index in [4.69, 9.17) is 5.11 Å². The number of benzene rings is 2. The maximum Gasteiger partial charge on any atom is 0.244 e. The molecule has 3 rings (SSSR count). The number of nitrogens with zero attached hydrogens (tertiary/aromatic N) is 2. The highest BCUT2D eigenvalue weighted by molar-refractivity contribution is 5.91. The summed E-state index contributed by atoms with van der Waals surface area (Å²) in [5, 5.41) is 11.9. The second-order valence-electron chi connectivity index (χ2n) is 5.34. The largest absolute Gasteiger partial charge is 0.396 e. The van der Waals surface area contributed by atoms with Gasteiger partial charge in [-0.1, -0.05) is 30.3 Å². The Kier molecular flexibility index (Phi) is 4.68. The highest BCUT2D eigenvalue weighted by Gasteiger charge is 2.13. The zero-order valence-corrected chi connectivity index (χ0v) is 12.8. The number of hydrogen-bond donors (Lipinski definition) is 2. The lowest BCUT2D eigenvalue weighted by atomic mass is 10.3. The summed E-state index contributed by atoms with van der Waals surface area (Å²) in [5.74, 6) is 0.730. The molecule has 2 aromatic carbocycles. The molecule has 0 atom stereocenters. The zero-order valence-electron chi connectivity index (χ0n) is 12.8. The van der Waals surface area contributed by atoms with E-state index in [1.54, 1.807) is 0 Å². The van der Waals surface area contributed by atoms with Crippen molar-refractivity contribution >= 4 is 22.6 Å². The Balaban J connectivity index is 1.84.